The third kappa shape index (κ3) is 5.13. The summed E-state index contributed by atoms with van der Waals surface area (Å²) >= 11 is 0. The summed E-state index contributed by atoms with van der Waals surface area (Å²) in [6, 6.07) is 5.50. The monoisotopic (exact) mass is 296 g/mol. The molecule has 0 aliphatic rings. The molecule has 0 aromatic heterocycles. The van der Waals surface area contributed by atoms with E-state index in [0.717, 1.165) is 17.8 Å². The second-order valence-corrected chi connectivity index (χ2v) is 5.31. The maximum absolute atomic E-state index is 7.60. The number of nitrogens with zero attached hydrogens (tertiary/aromatic N) is 1. The maximum Gasteiger partial charge on any atom is 0.173 e. The summed E-state index contributed by atoms with van der Waals surface area (Å²) < 4.78 is 0. The summed E-state index contributed by atoms with van der Waals surface area (Å²) in [7, 11) is 0. The van der Waals surface area contributed by atoms with E-state index < -0.39 is 0 Å². The molecule has 3 N–H and O–H groups in total. The van der Waals surface area contributed by atoms with Crippen molar-refractivity contribution in [2.45, 2.75) is 20.8 Å². The molecule has 0 aliphatic carbocycles. The lowest BCUT2D eigenvalue weighted by Crippen LogP contribution is -2.06. The van der Waals surface area contributed by atoms with E-state index in [0.29, 0.717) is 11.5 Å². The molecule has 0 bridgehead atoms. The molecule has 0 aliphatic heterocycles. The normalized spacial score (nSPS) is 11.7. The highest BCUT2D eigenvalue weighted by Gasteiger charge is 2.05. The van der Waals surface area contributed by atoms with Crippen molar-refractivity contribution in [2.24, 2.45) is 11.0 Å². The van der Waals surface area contributed by atoms with Crippen LogP contribution >= 0.6 is 0 Å². The van der Waals surface area contributed by atoms with Crippen LogP contribution in [0.25, 0.3) is 6.08 Å². The van der Waals surface area contributed by atoms with Crippen LogP contribution in [0.15, 0.2) is 53.7 Å². The second kappa shape index (κ2) is 8.72. The first-order valence-corrected chi connectivity index (χ1v) is 7.32. The molecular weight excluding hydrogens is 272 g/mol. The quantitative estimate of drug-likeness (QED) is 0.273. The Kier molecular flexibility index (Phi) is 6.96. The molecule has 0 atom stereocenters. The summed E-state index contributed by atoms with van der Waals surface area (Å²) in [5, 5.41) is 14.2. The standard InChI is InChI=1S/C18H24N4/c1-5-7-14(10-13(3)4)12-21-17-9-8-16(18(19)22-20)11-15(17)6-2/h5-11,13,19-21H,2,12H2,1,3-4H3/b7-5-,14-10+,19-18?,22-20?. The first kappa shape index (κ1) is 17.6. The Morgan fingerprint density at radius 3 is 2.68 bits per heavy atom. The van der Waals surface area contributed by atoms with Crippen LogP contribution < -0.4 is 5.32 Å². The fourth-order valence-electron chi connectivity index (χ4n) is 2.12. The molecule has 1 aromatic rings. The molecule has 0 saturated heterocycles. The SMILES string of the molecule is C=Cc1cc(C(=N)N=N)ccc1NCC(/C=C\C)=C/C(C)C. The molecule has 0 saturated carbocycles. The Hall–Kier alpha value is -2.49. The largest absolute Gasteiger partial charge is 0.380 e. The lowest BCUT2D eigenvalue weighted by atomic mass is 10.1. The number of benzene rings is 1. The molecule has 0 radical (unpaired) electrons. The summed E-state index contributed by atoms with van der Waals surface area (Å²) in [5.41, 5.74) is 10.6. The topological polar surface area (TPSA) is 72.1 Å². The number of nitrogens with one attached hydrogen (secondary N) is 3. The summed E-state index contributed by atoms with van der Waals surface area (Å²) in [6.45, 7) is 10.9. The van der Waals surface area contributed by atoms with Crippen molar-refractivity contribution in [2.75, 3.05) is 11.9 Å². The minimum atomic E-state index is -0.0519. The molecule has 1 aromatic carbocycles. The van der Waals surface area contributed by atoms with Crippen molar-refractivity contribution >= 4 is 17.6 Å². The van der Waals surface area contributed by atoms with Gasteiger partial charge in [0.15, 0.2) is 5.84 Å². The zero-order valence-corrected chi connectivity index (χ0v) is 13.5. The Morgan fingerprint density at radius 1 is 1.41 bits per heavy atom. The average Bonchev–Trinajstić information content (AvgIpc) is 2.51. The fraction of sp³-hybridized carbons (Fsp3) is 0.278. The summed E-state index contributed by atoms with van der Waals surface area (Å²) in [4.78, 5) is 0. The Balaban J connectivity index is 2.95. The van der Waals surface area contributed by atoms with Crippen LogP contribution in [0.4, 0.5) is 5.69 Å². The van der Waals surface area contributed by atoms with Crippen molar-refractivity contribution < 1.29 is 0 Å². The molecule has 0 spiro atoms. The second-order valence-electron chi connectivity index (χ2n) is 5.31. The first-order chi connectivity index (χ1) is 10.5. The lowest BCUT2D eigenvalue weighted by molar-refractivity contribution is 0.823. The number of amidine groups is 1. The average molecular weight is 296 g/mol. The molecule has 0 amide bonds. The van der Waals surface area contributed by atoms with Gasteiger partial charge in [-0.3, -0.25) is 5.41 Å². The van der Waals surface area contributed by atoms with E-state index >= 15 is 0 Å². The van der Waals surface area contributed by atoms with Gasteiger partial charge in [0.25, 0.3) is 0 Å². The minimum Gasteiger partial charge on any atom is -0.380 e. The van der Waals surface area contributed by atoms with Gasteiger partial charge in [-0.2, -0.15) is 0 Å². The first-order valence-electron chi connectivity index (χ1n) is 7.32. The number of hydrogen-bond donors (Lipinski definition) is 3. The molecule has 1 rings (SSSR count). The van der Waals surface area contributed by atoms with E-state index in [2.05, 4.69) is 43.0 Å². The van der Waals surface area contributed by atoms with Crippen LogP contribution in [0.5, 0.6) is 0 Å². The van der Waals surface area contributed by atoms with Gasteiger partial charge in [0.2, 0.25) is 0 Å². The molecule has 22 heavy (non-hydrogen) atoms. The van der Waals surface area contributed by atoms with Crippen LogP contribution in [0.2, 0.25) is 0 Å². The van der Waals surface area contributed by atoms with E-state index in [9.17, 15) is 0 Å². The highest BCUT2D eigenvalue weighted by molar-refractivity contribution is 5.97. The Labute approximate surface area is 132 Å². The van der Waals surface area contributed by atoms with Gasteiger partial charge in [-0.1, -0.05) is 44.7 Å². The van der Waals surface area contributed by atoms with Crippen molar-refractivity contribution in [3.63, 3.8) is 0 Å². The van der Waals surface area contributed by atoms with Crippen LogP contribution in [-0.4, -0.2) is 12.4 Å². The van der Waals surface area contributed by atoms with Crippen LogP contribution in [0.3, 0.4) is 0 Å². The summed E-state index contributed by atoms with van der Waals surface area (Å²) in [5.74, 6) is 0.442. The smallest absolute Gasteiger partial charge is 0.173 e. The molecule has 0 heterocycles. The zero-order chi connectivity index (χ0) is 16.5. The third-order valence-corrected chi connectivity index (χ3v) is 3.07. The number of allylic oxidation sites excluding steroid dienone is 2. The Morgan fingerprint density at radius 2 is 2.14 bits per heavy atom. The van der Waals surface area contributed by atoms with E-state index in [1.54, 1.807) is 12.1 Å². The van der Waals surface area contributed by atoms with E-state index in [-0.39, 0.29) is 5.84 Å². The van der Waals surface area contributed by atoms with Gasteiger partial charge in [0, 0.05) is 17.8 Å². The third-order valence-electron chi connectivity index (χ3n) is 3.07. The highest BCUT2D eigenvalue weighted by Crippen LogP contribution is 2.20. The van der Waals surface area contributed by atoms with Gasteiger partial charge in [0.1, 0.15) is 0 Å². The van der Waals surface area contributed by atoms with Gasteiger partial charge in [0.05, 0.1) is 0 Å². The van der Waals surface area contributed by atoms with Crippen molar-refractivity contribution in [1.29, 1.82) is 10.9 Å². The molecule has 116 valence electrons. The zero-order valence-electron chi connectivity index (χ0n) is 13.5. The van der Waals surface area contributed by atoms with E-state index in [1.165, 1.54) is 5.57 Å². The molecule has 0 fully saturated rings. The van der Waals surface area contributed by atoms with E-state index in [1.807, 2.05) is 25.1 Å². The van der Waals surface area contributed by atoms with E-state index in [4.69, 9.17) is 10.9 Å². The number of anilines is 1. The van der Waals surface area contributed by atoms with Gasteiger partial charge in [-0.15, -0.1) is 5.11 Å². The van der Waals surface area contributed by atoms with Crippen LogP contribution in [0.1, 0.15) is 31.9 Å². The minimum absolute atomic E-state index is 0.0519. The van der Waals surface area contributed by atoms with Crippen LogP contribution in [-0.2, 0) is 0 Å². The molecule has 4 nitrogen and oxygen atoms in total. The van der Waals surface area contributed by atoms with Gasteiger partial charge >= 0.3 is 0 Å². The fourth-order valence-corrected chi connectivity index (χ4v) is 2.12. The predicted molar refractivity (Wildman–Crippen MR) is 94.7 cm³/mol. The Bertz CT molecular complexity index is 610. The van der Waals surface area contributed by atoms with Crippen molar-refractivity contribution in [1.82, 2.24) is 0 Å². The molecule has 0 unspecified atom stereocenters. The maximum atomic E-state index is 7.60. The van der Waals surface area contributed by atoms with Crippen LogP contribution in [0, 0.1) is 16.9 Å². The predicted octanol–water partition coefficient (Wildman–Crippen LogP) is 5.26. The highest BCUT2D eigenvalue weighted by atomic mass is 15.0. The van der Waals surface area contributed by atoms with Crippen molar-refractivity contribution in [3.05, 3.63) is 59.7 Å². The molecule has 4 heteroatoms. The van der Waals surface area contributed by atoms with Gasteiger partial charge in [-0.05, 0) is 42.2 Å². The number of hydrogen-bond acceptors (Lipinski definition) is 3. The van der Waals surface area contributed by atoms with Gasteiger partial charge < -0.3 is 5.32 Å². The summed E-state index contributed by atoms with van der Waals surface area (Å²) in [6.07, 6.45) is 8.10. The lowest BCUT2D eigenvalue weighted by Gasteiger charge is -2.12. The van der Waals surface area contributed by atoms with Gasteiger partial charge in [-0.25, -0.2) is 5.53 Å². The number of rotatable bonds is 7. The molecular formula is C18H24N4. The van der Waals surface area contributed by atoms with Crippen molar-refractivity contribution in [3.8, 4) is 0 Å².